The molecule has 1 aromatic rings. The molecular formula is C19H30BNO4. The molecule has 25 heavy (non-hydrogen) atoms. The van der Waals surface area contributed by atoms with E-state index in [9.17, 15) is 4.79 Å². The van der Waals surface area contributed by atoms with E-state index in [-0.39, 0.29) is 18.3 Å². The minimum absolute atomic E-state index is 0.240. The Bertz CT molecular complexity index is 589. The first-order valence-corrected chi connectivity index (χ1v) is 8.78. The van der Waals surface area contributed by atoms with E-state index in [1.165, 1.54) is 0 Å². The molecule has 0 atom stereocenters. The van der Waals surface area contributed by atoms with E-state index in [0.717, 1.165) is 11.1 Å². The summed E-state index contributed by atoms with van der Waals surface area (Å²) in [6.45, 7) is 14.2. The summed E-state index contributed by atoms with van der Waals surface area (Å²) < 4.78 is 17.3. The Balaban J connectivity index is 1.86. The van der Waals surface area contributed by atoms with Gasteiger partial charge in [-0.1, -0.05) is 24.3 Å². The van der Waals surface area contributed by atoms with Crippen molar-refractivity contribution < 1.29 is 18.8 Å². The zero-order valence-electron chi connectivity index (χ0n) is 16.4. The van der Waals surface area contributed by atoms with E-state index in [0.29, 0.717) is 12.9 Å². The third kappa shape index (κ3) is 5.48. The predicted octanol–water partition coefficient (Wildman–Crippen LogP) is 3.89. The Labute approximate surface area is 151 Å². The Morgan fingerprint density at radius 2 is 1.52 bits per heavy atom. The Morgan fingerprint density at radius 3 is 2.00 bits per heavy atom. The lowest BCUT2D eigenvalue weighted by Gasteiger charge is -2.32. The van der Waals surface area contributed by atoms with E-state index in [1.807, 2.05) is 45.0 Å². The van der Waals surface area contributed by atoms with Crippen LogP contribution in [-0.4, -0.2) is 30.0 Å². The summed E-state index contributed by atoms with van der Waals surface area (Å²) in [5, 5.41) is 2.76. The number of amides is 1. The maximum atomic E-state index is 11.7. The summed E-state index contributed by atoms with van der Waals surface area (Å²) >= 11 is 0. The van der Waals surface area contributed by atoms with Crippen LogP contribution in [0.5, 0.6) is 0 Å². The van der Waals surface area contributed by atoms with Crippen molar-refractivity contribution in [2.24, 2.45) is 0 Å². The Kier molecular flexibility index (Phi) is 5.54. The van der Waals surface area contributed by atoms with Crippen molar-refractivity contribution in [1.29, 1.82) is 0 Å². The molecule has 5 nitrogen and oxygen atoms in total. The van der Waals surface area contributed by atoms with Gasteiger partial charge in [-0.25, -0.2) is 4.79 Å². The second kappa shape index (κ2) is 7.00. The number of ether oxygens (including phenoxy) is 1. The van der Waals surface area contributed by atoms with Gasteiger partial charge in [0.15, 0.2) is 0 Å². The lowest BCUT2D eigenvalue weighted by molar-refractivity contribution is 0.00578. The largest absolute Gasteiger partial charge is 0.462 e. The molecule has 0 unspecified atom stereocenters. The van der Waals surface area contributed by atoms with Crippen molar-refractivity contribution >= 4 is 13.2 Å². The predicted molar refractivity (Wildman–Crippen MR) is 99.3 cm³/mol. The van der Waals surface area contributed by atoms with Crippen LogP contribution in [0.1, 0.15) is 59.6 Å². The number of alkyl carbamates (subject to hydrolysis) is 1. The van der Waals surface area contributed by atoms with E-state index >= 15 is 0 Å². The maximum Gasteiger partial charge on any atom is 0.462 e. The van der Waals surface area contributed by atoms with E-state index in [4.69, 9.17) is 14.0 Å². The number of hydrogen-bond donors (Lipinski definition) is 1. The zero-order valence-corrected chi connectivity index (χ0v) is 16.4. The number of nitrogens with one attached hydrogen (secondary N) is 1. The third-order valence-corrected chi connectivity index (χ3v) is 4.56. The van der Waals surface area contributed by atoms with Crippen molar-refractivity contribution in [1.82, 2.24) is 5.32 Å². The molecule has 6 heteroatoms. The normalized spacial score (nSPS) is 18.9. The summed E-state index contributed by atoms with van der Waals surface area (Å²) in [6.07, 6.45) is 0.293. The van der Waals surface area contributed by atoms with Crippen molar-refractivity contribution in [2.45, 2.75) is 78.1 Å². The molecule has 1 N–H and O–H groups in total. The molecule has 1 saturated heterocycles. The molecule has 0 aromatic heterocycles. The summed E-state index contributed by atoms with van der Waals surface area (Å²) in [4.78, 5) is 11.7. The van der Waals surface area contributed by atoms with Crippen molar-refractivity contribution in [3.63, 3.8) is 0 Å². The van der Waals surface area contributed by atoms with Crippen LogP contribution in [0.2, 0.25) is 0 Å². The topological polar surface area (TPSA) is 56.8 Å². The van der Waals surface area contributed by atoms with Gasteiger partial charge in [0, 0.05) is 12.9 Å². The summed E-state index contributed by atoms with van der Waals surface area (Å²) in [5.74, 6) is 0. The second-order valence-corrected chi connectivity index (χ2v) is 8.56. The standard InChI is InChI=1S/C19H30BNO4/c1-17(2,3)23-16(22)21-13-15-10-8-14(9-11-15)12-20-24-18(4,5)19(6,7)25-20/h8-11H,12-13H2,1-7H3,(H,21,22). The number of carbonyl (C=O) groups is 1. The molecule has 0 bridgehead atoms. The van der Waals surface area contributed by atoms with Crippen molar-refractivity contribution in [3.05, 3.63) is 35.4 Å². The molecule has 0 aliphatic carbocycles. The van der Waals surface area contributed by atoms with Gasteiger partial charge in [-0.2, -0.15) is 0 Å². The first-order chi connectivity index (χ1) is 11.4. The van der Waals surface area contributed by atoms with Crippen LogP contribution in [0, 0.1) is 0 Å². The van der Waals surface area contributed by atoms with Crippen LogP contribution in [0.3, 0.4) is 0 Å². The highest BCUT2D eigenvalue weighted by Crippen LogP contribution is 2.37. The lowest BCUT2D eigenvalue weighted by atomic mass is 9.80. The molecule has 0 saturated carbocycles. The van der Waals surface area contributed by atoms with E-state index in [1.54, 1.807) is 0 Å². The highest BCUT2D eigenvalue weighted by Gasteiger charge is 2.50. The molecule has 1 aliphatic heterocycles. The zero-order chi connectivity index (χ0) is 18.9. The van der Waals surface area contributed by atoms with Gasteiger partial charge in [-0.3, -0.25) is 0 Å². The molecular weight excluding hydrogens is 317 g/mol. The molecule has 1 aromatic carbocycles. The van der Waals surface area contributed by atoms with Gasteiger partial charge in [0.1, 0.15) is 5.60 Å². The van der Waals surface area contributed by atoms with Crippen LogP contribution >= 0.6 is 0 Å². The Hall–Kier alpha value is -1.53. The minimum Gasteiger partial charge on any atom is -0.444 e. The SMILES string of the molecule is CC(C)(C)OC(=O)NCc1ccc(CB2OC(C)(C)C(C)(C)O2)cc1. The molecule has 0 spiro atoms. The first-order valence-electron chi connectivity index (χ1n) is 8.78. The average molecular weight is 347 g/mol. The Morgan fingerprint density at radius 1 is 1.04 bits per heavy atom. The van der Waals surface area contributed by atoms with Gasteiger partial charge in [-0.05, 0) is 59.6 Å². The molecule has 0 radical (unpaired) electrons. The van der Waals surface area contributed by atoms with E-state index in [2.05, 4.69) is 33.0 Å². The molecule has 138 valence electrons. The van der Waals surface area contributed by atoms with Gasteiger partial charge in [-0.15, -0.1) is 0 Å². The monoisotopic (exact) mass is 347 g/mol. The number of benzene rings is 1. The average Bonchev–Trinajstić information content (AvgIpc) is 2.63. The minimum atomic E-state index is -0.489. The fourth-order valence-corrected chi connectivity index (χ4v) is 2.52. The summed E-state index contributed by atoms with van der Waals surface area (Å²) in [5.41, 5.74) is 1.05. The number of rotatable bonds is 4. The van der Waals surface area contributed by atoms with Gasteiger partial charge in [0.2, 0.25) is 0 Å². The van der Waals surface area contributed by atoms with Crippen molar-refractivity contribution in [3.8, 4) is 0 Å². The van der Waals surface area contributed by atoms with Crippen LogP contribution in [0.4, 0.5) is 4.79 Å². The number of carbonyl (C=O) groups excluding carboxylic acids is 1. The van der Waals surface area contributed by atoms with Gasteiger partial charge in [0.05, 0.1) is 11.2 Å². The molecule has 1 fully saturated rings. The van der Waals surface area contributed by atoms with E-state index < -0.39 is 11.7 Å². The fourth-order valence-electron chi connectivity index (χ4n) is 2.52. The highest BCUT2D eigenvalue weighted by molar-refractivity contribution is 6.45. The smallest absolute Gasteiger partial charge is 0.444 e. The van der Waals surface area contributed by atoms with Gasteiger partial charge in [0.25, 0.3) is 0 Å². The van der Waals surface area contributed by atoms with Crippen LogP contribution < -0.4 is 5.32 Å². The first kappa shape index (κ1) is 19.8. The van der Waals surface area contributed by atoms with Crippen LogP contribution in [0.15, 0.2) is 24.3 Å². The fraction of sp³-hybridized carbons (Fsp3) is 0.632. The third-order valence-electron chi connectivity index (χ3n) is 4.56. The molecule has 2 rings (SSSR count). The van der Waals surface area contributed by atoms with Crippen molar-refractivity contribution in [2.75, 3.05) is 0 Å². The number of hydrogen-bond acceptors (Lipinski definition) is 4. The highest BCUT2D eigenvalue weighted by atomic mass is 16.7. The molecule has 1 aliphatic rings. The lowest BCUT2D eigenvalue weighted by Crippen LogP contribution is -2.41. The second-order valence-electron chi connectivity index (χ2n) is 8.56. The molecule has 1 heterocycles. The quantitative estimate of drug-likeness (QED) is 0.840. The van der Waals surface area contributed by atoms with Gasteiger partial charge >= 0.3 is 13.2 Å². The maximum absolute atomic E-state index is 11.7. The summed E-state index contributed by atoms with van der Waals surface area (Å²) in [7, 11) is -0.240. The van der Waals surface area contributed by atoms with Crippen LogP contribution in [-0.2, 0) is 26.9 Å². The molecule has 1 amide bonds. The summed E-state index contributed by atoms with van der Waals surface area (Å²) in [6, 6.07) is 8.07. The van der Waals surface area contributed by atoms with Gasteiger partial charge < -0.3 is 19.4 Å². The van der Waals surface area contributed by atoms with Crippen LogP contribution in [0.25, 0.3) is 0 Å².